The third-order valence-corrected chi connectivity index (χ3v) is 2.97. The van der Waals surface area contributed by atoms with Crippen LogP contribution in [0.25, 0.3) is 0 Å². The van der Waals surface area contributed by atoms with E-state index in [1.807, 2.05) is 32.7 Å². The average molecular weight is 246 g/mol. The van der Waals surface area contributed by atoms with E-state index < -0.39 is 12.3 Å². The van der Waals surface area contributed by atoms with Crippen molar-refractivity contribution >= 4 is 6.09 Å². The Morgan fingerprint density at radius 3 is 2.53 bits per heavy atom. The van der Waals surface area contributed by atoms with Gasteiger partial charge in [0.15, 0.2) is 0 Å². The van der Waals surface area contributed by atoms with Gasteiger partial charge in [-0.3, -0.25) is 4.39 Å². The van der Waals surface area contributed by atoms with E-state index in [4.69, 9.17) is 4.74 Å². The van der Waals surface area contributed by atoms with Crippen LogP contribution < -0.4 is 0 Å². The number of ether oxygens (including phenoxy) is 1. The Hall–Kier alpha value is -0.840. The second-order valence-corrected chi connectivity index (χ2v) is 5.79. The van der Waals surface area contributed by atoms with Crippen molar-refractivity contribution in [1.82, 2.24) is 9.80 Å². The molecule has 1 rings (SSSR count). The molecule has 1 amide bonds. The van der Waals surface area contributed by atoms with Crippen molar-refractivity contribution in [2.45, 2.75) is 32.4 Å². The summed E-state index contributed by atoms with van der Waals surface area (Å²) in [6.07, 6.45) is -0.378. The van der Waals surface area contributed by atoms with Crippen molar-refractivity contribution in [1.29, 1.82) is 0 Å². The zero-order valence-electron chi connectivity index (χ0n) is 11.4. The molecule has 1 aliphatic heterocycles. The van der Waals surface area contributed by atoms with Gasteiger partial charge in [-0.25, -0.2) is 4.79 Å². The number of rotatable bonds is 2. The van der Waals surface area contributed by atoms with E-state index in [2.05, 4.69) is 0 Å². The summed E-state index contributed by atoms with van der Waals surface area (Å²) in [6.45, 7) is 6.46. The molecule has 0 N–H and O–H groups in total. The molecular formula is C12H23FN2O2. The molecule has 1 aliphatic rings. The number of hydrogen-bond donors (Lipinski definition) is 0. The summed E-state index contributed by atoms with van der Waals surface area (Å²) in [5.41, 5.74) is -0.513. The zero-order chi connectivity index (χ0) is 13.2. The van der Waals surface area contributed by atoms with Gasteiger partial charge in [0.1, 0.15) is 5.60 Å². The first kappa shape index (κ1) is 14.2. The van der Waals surface area contributed by atoms with Crippen molar-refractivity contribution in [3.05, 3.63) is 0 Å². The number of carbonyl (C=O) groups excluding carboxylic acids is 1. The molecule has 5 heteroatoms. The quantitative estimate of drug-likeness (QED) is 0.744. The van der Waals surface area contributed by atoms with Crippen molar-refractivity contribution in [3.63, 3.8) is 0 Å². The fraction of sp³-hybridized carbons (Fsp3) is 0.917. The van der Waals surface area contributed by atoms with Crippen LogP contribution in [0.15, 0.2) is 0 Å². The van der Waals surface area contributed by atoms with Crippen molar-refractivity contribution < 1.29 is 13.9 Å². The maximum absolute atomic E-state index is 12.9. The van der Waals surface area contributed by atoms with E-state index in [1.54, 1.807) is 7.05 Å². The van der Waals surface area contributed by atoms with Gasteiger partial charge in [0.2, 0.25) is 0 Å². The predicted octanol–water partition coefficient (Wildman–Crippen LogP) is 1.75. The molecule has 1 fully saturated rings. The molecule has 17 heavy (non-hydrogen) atoms. The lowest BCUT2D eigenvalue weighted by molar-refractivity contribution is 0.0189. The SMILES string of the molecule is CN1C[C@H](CF)[C@H](N(C)C(=O)OC(C)(C)C)C1. The van der Waals surface area contributed by atoms with E-state index in [9.17, 15) is 9.18 Å². The van der Waals surface area contributed by atoms with Gasteiger partial charge in [0, 0.05) is 26.1 Å². The van der Waals surface area contributed by atoms with E-state index in [0.29, 0.717) is 13.1 Å². The maximum atomic E-state index is 12.9. The number of alkyl halides is 1. The van der Waals surface area contributed by atoms with Crippen LogP contribution >= 0.6 is 0 Å². The predicted molar refractivity (Wildman–Crippen MR) is 64.7 cm³/mol. The molecule has 0 aromatic heterocycles. The third-order valence-electron chi connectivity index (χ3n) is 2.97. The fourth-order valence-electron chi connectivity index (χ4n) is 2.12. The molecule has 2 atom stereocenters. The molecule has 100 valence electrons. The standard InChI is InChI=1S/C12H23FN2O2/c1-12(2,3)17-11(16)15(5)10-8-14(4)7-9(10)6-13/h9-10H,6-8H2,1-5H3/t9-,10+/m0/s1. The Labute approximate surface area is 103 Å². The Bertz CT molecular complexity index is 278. The smallest absolute Gasteiger partial charge is 0.410 e. The molecule has 0 saturated carbocycles. The van der Waals surface area contributed by atoms with Crippen LogP contribution in [-0.4, -0.2) is 61.4 Å². The summed E-state index contributed by atoms with van der Waals surface area (Å²) in [5.74, 6) is -0.113. The molecule has 0 aromatic carbocycles. The van der Waals surface area contributed by atoms with E-state index in [0.717, 1.165) is 0 Å². The van der Waals surface area contributed by atoms with Crippen LogP contribution in [0.2, 0.25) is 0 Å². The van der Waals surface area contributed by atoms with Crippen molar-refractivity contribution in [3.8, 4) is 0 Å². The minimum absolute atomic E-state index is 0.0974. The monoisotopic (exact) mass is 246 g/mol. The number of nitrogens with zero attached hydrogens (tertiary/aromatic N) is 2. The van der Waals surface area contributed by atoms with Crippen LogP contribution in [0.3, 0.4) is 0 Å². The van der Waals surface area contributed by atoms with Gasteiger partial charge in [-0.2, -0.15) is 0 Å². The number of halogens is 1. The molecule has 0 spiro atoms. The highest BCUT2D eigenvalue weighted by Crippen LogP contribution is 2.22. The Kier molecular flexibility index (Phi) is 4.36. The Balaban J connectivity index is 2.62. The zero-order valence-corrected chi connectivity index (χ0v) is 11.4. The first-order valence-corrected chi connectivity index (χ1v) is 5.95. The number of hydrogen-bond acceptors (Lipinski definition) is 3. The highest BCUT2D eigenvalue weighted by molar-refractivity contribution is 5.68. The largest absolute Gasteiger partial charge is 0.444 e. The molecule has 1 heterocycles. The number of likely N-dealkylation sites (N-methyl/N-ethyl adjacent to an activating group) is 2. The summed E-state index contributed by atoms with van der Waals surface area (Å²) < 4.78 is 18.2. The second-order valence-electron chi connectivity index (χ2n) is 5.79. The molecule has 4 nitrogen and oxygen atoms in total. The summed E-state index contributed by atoms with van der Waals surface area (Å²) >= 11 is 0. The number of carbonyl (C=O) groups is 1. The Morgan fingerprint density at radius 1 is 1.47 bits per heavy atom. The van der Waals surface area contributed by atoms with Crippen LogP contribution in [0.4, 0.5) is 9.18 Å². The maximum Gasteiger partial charge on any atom is 0.410 e. The van der Waals surface area contributed by atoms with Crippen LogP contribution in [0, 0.1) is 5.92 Å². The van der Waals surface area contributed by atoms with Crippen LogP contribution in [0.5, 0.6) is 0 Å². The van der Waals surface area contributed by atoms with Gasteiger partial charge in [0.25, 0.3) is 0 Å². The molecule has 0 unspecified atom stereocenters. The lowest BCUT2D eigenvalue weighted by Crippen LogP contribution is -2.45. The topological polar surface area (TPSA) is 32.8 Å². The highest BCUT2D eigenvalue weighted by atomic mass is 19.1. The first-order valence-electron chi connectivity index (χ1n) is 5.95. The molecule has 0 aliphatic carbocycles. The van der Waals surface area contributed by atoms with Crippen molar-refractivity contribution in [2.75, 3.05) is 33.9 Å². The lowest BCUT2D eigenvalue weighted by Gasteiger charge is -2.30. The van der Waals surface area contributed by atoms with Crippen molar-refractivity contribution in [2.24, 2.45) is 5.92 Å². The van der Waals surface area contributed by atoms with Crippen LogP contribution in [-0.2, 0) is 4.74 Å². The molecular weight excluding hydrogens is 223 g/mol. The number of amides is 1. The number of likely N-dealkylation sites (tertiary alicyclic amines) is 1. The fourth-order valence-corrected chi connectivity index (χ4v) is 2.12. The van der Waals surface area contributed by atoms with Gasteiger partial charge in [-0.15, -0.1) is 0 Å². The molecule has 0 bridgehead atoms. The van der Waals surface area contributed by atoms with Gasteiger partial charge < -0.3 is 14.5 Å². The van der Waals surface area contributed by atoms with Crippen LogP contribution in [0.1, 0.15) is 20.8 Å². The van der Waals surface area contributed by atoms with Gasteiger partial charge >= 0.3 is 6.09 Å². The highest BCUT2D eigenvalue weighted by Gasteiger charge is 2.37. The lowest BCUT2D eigenvalue weighted by atomic mass is 10.1. The average Bonchev–Trinajstić information content (AvgIpc) is 2.55. The molecule has 0 aromatic rings. The van der Waals surface area contributed by atoms with E-state index >= 15 is 0 Å². The van der Waals surface area contributed by atoms with E-state index in [1.165, 1.54) is 4.90 Å². The minimum atomic E-state index is -0.513. The Morgan fingerprint density at radius 2 is 2.06 bits per heavy atom. The first-order chi connectivity index (χ1) is 7.74. The summed E-state index contributed by atoms with van der Waals surface area (Å²) in [4.78, 5) is 15.4. The summed E-state index contributed by atoms with van der Waals surface area (Å²) in [7, 11) is 3.62. The molecule has 0 radical (unpaired) electrons. The van der Waals surface area contributed by atoms with E-state index in [-0.39, 0.29) is 18.1 Å². The second kappa shape index (κ2) is 5.21. The van der Waals surface area contributed by atoms with Gasteiger partial charge in [-0.05, 0) is 27.8 Å². The molecule has 1 saturated heterocycles. The normalized spacial score (nSPS) is 26.0. The summed E-state index contributed by atoms with van der Waals surface area (Å²) in [6, 6.07) is -0.0974. The van der Waals surface area contributed by atoms with Gasteiger partial charge in [0.05, 0.1) is 12.7 Å². The minimum Gasteiger partial charge on any atom is -0.444 e. The summed E-state index contributed by atoms with van der Waals surface area (Å²) in [5, 5.41) is 0. The third kappa shape index (κ3) is 3.84. The van der Waals surface area contributed by atoms with Gasteiger partial charge in [-0.1, -0.05) is 0 Å².